The van der Waals surface area contributed by atoms with Gasteiger partial charge in [-0.1, -0.05) is 62.9 Å². The fourth-order valence-electron chi connectivity index (χ4n) is 7.10. The van der Waals surface area contributed by atoms with E-state index in [0.717, 1.165) is 40.9 Å². The van der Waals surface area contributed by atoms with Crippen LogP contribution in [0.25, 0.3) is 17.0 Å². The summed E-state index contributed by atoms with van der Waals surface area (Å²) in [6, 6.07) is 7.30. The molecule has 1 aromatic heterocycles. The molecule has 3 aliphatic rings. The van der Waals surface area contributed by atoms with Gasteiger partial charge in [-0.2, -0.15) is 0 Å². The molecule has 2 aliphatic carbocycles. The Morgan fingerprint density at radius 3 is 2.23 bits per heavy atom. The van der Waals surface area contributed by atoms with Gasteiger partial charge in [-0.25, -0.2) is 9.97 Å². The molecule has 1 amide bonds. The van der Waals surface area contributed by atoms with Gasteiger partial charge in [0.1, 0.15) is 5.60 Å². The topological polar surface area (TPSA) is 98.4 Å². The molecule has 1 unspecified atom stereocenters. The van der Waals surface area contributed by atoms with E-state index in [1.165, 1.54) is 56.9 Å². The van der Waals surface area contributed by atoms with Crippen molar-refractivity contribution in [2.45, 2.75) is 104 Å². The molecule has 2 N–H and O–H groups in total. The third-order valence-electron chi connectivity index (χ3n) is 9.65. The molecule has 2 fully saturated rings. The Hall–Kier alpha value is -3.06. The van der Waals surface area contributed by atoms with Crippen molar-refractivity contribution >= 4 is 17.4 Å². The lowest BCUT2D eigenvalue weighted by atomic mass is 9.70. The predicted octanol–water partition coefficient (Wildman–Crippen LogP) is 6.60. The molecule has 7 nitrogen and oxygen atoms in total. The highest BCUT2D eigenvalue weighted by Gasteiger charge is 2.39. The van der Waals surface area contributed by atoms with Gasteiger partial charge in [-0.05, 0) is 88.2 Å². The summed E-state index contributed by atoms with van der Waals surface area (Å²) >= 11 is 0. The largest absolute Gasteiger partial charge is 0.460 e. The van der Waals surface area contributed by atoms with Crippen LogP contribution in [0, 0.1) is 23.7 Å². The van der Waals surface area contributed by atoms with Crippen molar-refractivity contribution in [3.05, 3.63) is 53.9 Å². The third kappa shape index (κ3) is 8.11. The minimum Gasteiger partial charge on any atom is -0.460 e. The molecule has 1 saturated heterocycles. The number of rotatable bonds is 9. The molecule has 232 valence electrons. The van der Waals surface area contributed by atoms with E-state index in [4.69, 9.17) is 10.5 Å². The summed E-state index contributed by atoms with van der Waals surface area (Å²) in [5, 5.41) is 0. The van der Waals surface area contributed by atoms with Crippen LogP contribution in [0.3, 0.4) is 0 Å². The first kappa shape index (κ1) is 31.4. The molecule has 0 bridgehead atoms. The van der Waals surface area contributed by atoms with E-state index in [1.54, 1.807) is 4.90 Å². The molecule has 1 aliphatic heterocycles. The Morgan fingerprint density at radius 2 is 1.65 bits per heavy atom. The van der Waals surface area contributed by atoms with Gasteiger partial charge in [0.2, 0.25) is 5.91 Å². The Kier molecular flexibility index (Phi) is 10.0. The van der Waals surface area contributed by atoms with Crippen LogP contribution in [0.4, 0.5) is 0 Å². The number of carbonyl (C=O) groups is 2. The highest BCUT2D eigenvalue weighted by atomic mass is 16.6. The maximum absolute atomic E-state index is 12.8. The zero-order valence-electron chi connectivity index (χ0n) is 26.6. The van der Waals surface area contributed by atoms with Crippen LogP contribution in [0.15, 0.2) is 42.7 Å². The van der Waals surface area contributed by atoms with E-state index in [2.05, 4.69) is 23.0 Å². The van der Waals surface area contributed by atoms with Gasteiger partial charge in [-0.3, -0.25) is 9.59 Å². The lowest BCUT2D eigenvalue weighted by molar-refractivity contribution is -0.168. The van der Waals surface area contributed by atoms with Crippen LogP contribution in [-0.4, -0.2) is 51.5 Å². The minimum atomic E-state index is -0.652. The number of amides is 1. The van der Waals surface area contributed by atoms with Crippen molar-refractivity contribution < 1.29 is 14.3 Å². The van der Waals surface area contributed by atoms with Gasteiger partial charge in [0.25, 0.3) is 0 Å². The SMILES string of the molecule is CCCC1CCC(C2CC=C(c3cnc(-c4ccc(C[C@H](N)C(=O)N5CC(C(=O)OC(C)(C)C)C5)cc4)nc3)CC2)CC1. The highest BCUT2D eigenvalue weighted by Crippen LogP contribution is 2.42. The Bertz CT molecular complexity index is 1270. The van der Waals surface area contributed by atoms with Crippen LogP contribution < -0.4 is 5.73 Å². The quantitative estimate of drug-likeness (QED) is 0.332. The standard InChI is InChI=1S/C36H50N4O3/c1-5-6-24-7-11-26(12-8-24)27-15-17-28(18-16-27)30-20-38-33(39-21-30)29-13-9-25(10-14-29)19-32(37)34(41)40-22-31(23-40)35(42)43-36(2,3)4/h9-10,13-14,17,20-21,24,26-27,31-32H,5-8,11-12,15-16,18-19,22-23,37H2,1-4H3/t24?,26?,27?,32-/m0/s1. The first-order chi connectivity index (χ1) is 20.6. The minimum absolute atomic E-state index is 0.134. The number of nitrogens with zero attached hydrogens (tertiary/aromatic N) is 3. The molecular formula is C36H50N4O3. The zero-order chi connectivity index (χ0) is 30.6. The van der Waals surface area contributed by atoms with Crippen LogP contribution in [0.5, 0.6) is 0 Å². The molecule has 2 aromatic rings. The van der Waals surface area contributed by atoms with Gasteiger partial charge in [-0.15, -0.1) is 0 Å². The maximum atomic E-state index is 12.8. The van der Waals surface area contributed by atoms with Crippen LogP contribution in [0.2, 0.25) is 0 Å². The Labute approximate surface area is 257 Å². The summed E-state index contributed by atoms with van der Waals surface area (Å²) in [5.41, 5.74) is 10.2. The molecule has 0 spiro atoms. The molecule has 2 heterocycles. The van der Waals surface area contributed by atoms with Crippen LogP contribution in [0.1, 0.15) is 96.6 Å². The van der Waals surface area contributed by atoms with Crippen molar-refractivity contribution in [1.29, 1.82) is 0 Å². The number of hydrogen-bond donors (Lipinski definition) is 1. The lowest BCUT2D eigenvalue weighted by Crippen LogP contribution is -2.58. The van der Waals surface area contributed by atoms with E-state index in [-0.39, 0.29) is 17.8 Å². The van der Waals surface area contributed by atoms with Crippen molar-refractivity contribution in [2.75, 3.05) is 13.1 Å². The third-order valence-corrected chi connectivity index (χ3v) is 9.65. The van der Waals surface area contributed by atoms with E-state index < -0.39 is 11.6 Å². The molecule has 1 saturated carbocycles. The summed E-state index contributed by atoms with van der Waals surface area (Å²) in [5.74, 6) is 2.76. The van der Waals surface area contributed by atoms with E-state index in [0.29, 0.717) is 25.3 Å². The first-order valence-corrected chi connectivity index (χ1v) is 16.5. The van der Waals surface area contributed by atoms with Crippen molar-refractivity contribution in [3.63, 3.8) is 0 Å². The molecule has 5 rings (SSSR count). The zero-order valence-corrected chi connectivity index (χ0v) is 26.6. The summed E-state index contributed by atoms with van der Waals surface area (Å²) in [6.45, 7) is 8.58. The number of aromatic nitrogens is 2. The number of carbonyl (C=O) groups excluding carboxylic acids is 2. The normalized spacial score (nSPS) is 23.7. The predicted molar refractivity (Wildman–Crippen MR) is 171 cm³/mol. The molecule has 1 aromatic carbocycles. The summed E-state index contributed by atoms with van der Waals surface area (Å²) < 4.78 is 5.42. The Balaban J connectivity index is 1.09. The number of nitrogens with two attached hydrogens (primary N) is 1. The van der Waals surface area contributed by atoms with Crippen LogP contribution in [-0.2, 0) is 20.7 Å². The highest BCUT2D eigenvalue weighted by molar-refractivity contribution is 5.85. The summed E-state index contributed by atoms with van der Waals surface area (Å²) in [7, 11) is 0. The monoisotopic (exact) mass is 586 g/mol. The molecule has 0 radical (unpaired) electrons. The number of likely N-dealkylation sites (tertiary alicyclic amines) is 1. The van der Waals surface area contributed by atoms with Crippen molar-refractivity contribution in [1.82, 2.24) is 14.9 Å². The molecule has 43 heavy (non-hydrogen) atoms. The Morgan fingerprint density at radius 1 is 0.977 bits per heavy atom. The van der Waals surface area contributed by atoms with E-state index in [9.17, 15) is 9.59 Å². The van der Waals surface area contributed by atoms with Crippen molar-refractivity contribution in [3.8, 4) is 11.4 Å². The summed E-state index contributed by atoms with van der Waals surface area (Å²) in [6.07, 6.45) is 18.8. The maximum Gasteiger partial charge on any atom is 0.313 e. The van der Waals surface area contributed by atoms with E-state index >= 15 is 0 Å². The molecular weight excluding hydrogens is 536 g/mol. The van der Waals surface area contributed by atoms with Gasteiger partial charge >= 0.3 is 5.97 Å². The smallest absolute Gasteiger partial charge is 0.313 e. The van der Waals surface area contributed by atoms with Crippen LogP contribution >= 0.6 is 0 Å². The number of allylic oxidation sites excluding steroid dienone is 2. The number of hydrogen-bond acceptors (Lipinski definition) is 6. The second kappa shape index (κ2) is 13.7. The molecule has 7 heteroatoms. The van der Waals surface area contributed by atoms with E-state index in [1.807, 2.05) is 57.4 Å². The average molecular weight is 587 g/mol. The number of benzene rings is 1. The van der Waals surface area contributed by atoms with Gasteiger partial charge in [0, 0.05) is 36.6 Å². The average Bonchev–Trinajstić information content (AvgIpc) is 2.96. The number of esters is 1. The van der Waals surface area contributed by atoms with Gasteiger partial charge in [0.05, 0.1) is 12.0 Å². The van der Waals surface area contributed by atoms with Gasteiger partial charge < -0.3 is 15.4 Å². The first-order valence-electron chi connectivity index (χ1n) is 16.5. The summed E-state index contributed by atoms with van der Waals surface area (Å²) in [4.78, 5) is 36.0. The van der Waals surface area contributed by atoms with Crippen molar-refractivity contribution in [2.24, 2.45) is 29.4 Å². The number of ether oxygens (including phenoxy) is 1. The fraction of sp³-hybridized carbons (Fsp3) is 0.611. The fourth-order valence-corrected chi connectivity index (χ4v) is 7.10. The second-order valence-electron chi connectivity index (χ2n) is 14.1. The lowest BCUT2D eigenvalue weighted by Gasteiger charge is -2.40. The molecule has 2 atom stereocenters. The second-order valence-corrected chi connectivity index (χ2v) is 14.1. The van der Waals surface area contributed by atoms with Gasteiger partial charge in [0.15, 0.2) is 5.82 Å².